The smallest absolute Gasteiger partial charge is 0.115 e. The van der Waals surface area contributed by atoms with Gasteiger partial charge in [0.2, 0.25) is 0 Å². The van der Waals surface area contributed by atoms with Gasteiger partial charge in [0.15, 0.2) is 0 Å². The topological polar surface area (TPSA) is 23.5 Å². The van der Waals surface area contributed by atoms with Crippen molar-refractivity contribution in [3.05, 3.63) is 29.8 Å². The molecule has 0 bridgehead atoms. The van der Waals surface area contributed by atoms with E-state index in [1.165, 1.54) is 31.4 Å². The number of benzene rings is 1. The van der Waals surface area contributed by atoms with Crippen molar-refractivity contribution in [3.8, 4) is 5.75 Å². The van der Waals surface area contributed by atoms with E-state index in [2.05, 4.69) is 30.9 Å². The van der Waals surface area contributed by atoms with E-state index < -0.39 is 0 Å². The van der Waals surface area contributed by atoms with Gasteiger partial charge in [-0.25, -0.2) is 0 Å². The van der Waals surface area contributed by atoms with Gasteiger partial charge in [-0.1, -0.05) is 25.5 Å². The second-order valence-corrected chi connectivity index (χ2v) is 5.10. The van der Waals surface area contributed by atoms with Crippen LogP contribution in [0.4, 0.5) is 0 Å². The first kappa shape index (κ1) is 12.4. The maximum Gasteiger partial charge on any atom is 0.115 e. The first-order valence-corrected chi connectivity index (χ1v) is 6.77. The van der Waals surface area contributed by atoms with Gasteiger partial charge in [0.05, 0.1) is 0 Å². The Hall–Kier alpha value is -1.02. The van der Waals surface area contributed by atoms with E-state index in [-0.39, 0.29) is 0 Å². The number of aromatic hydroxyl groups is 1. The Labute approximate surface area is 104 Å². The SMILES string of the molecule is CCC(c1ccc(O)cc1)N1CCCCC1C. The number of phenols is 1. The number of phenolic OH excluding ortho intramolecular Hbond substituents is 1. The van der Waals surface area contributed by atoms with Crippen LogP contribution in [-0.2, 0) is 0 Å². The van der Waals surface area contributed by atoms with E-state index >= 15 is 0 Å². The minimum atomic E-state index is 0.357. The van der Waals surface area contributed by atoms with Gasteiger partial charge >= 0.3 is 0 Å². The molecule has 0 saturated carbocycles. The van der Waals surface area contributed by atoms with Crippen LogP contribution in [0.1, 0.15) is 51.1 Å². The fraction of sp³-hybridized carbons (Fsp3) is 0.600. The van der Waals surface area contributed by atoms with Crippen molar-refractivity contribution >= 4 is 0 Å². The molecule has 1 saturated heterocycles. The van der Waals surface area contributed by atoms with Crippen molar-refractivity contribution in [1.29, 1.82) is 0 Å². The number of likely N-dealkylation sites (tertiary alicyclic amines) is 1. The van der Waals surface area contributed by atoms with Crippen molar-refractivity contribution in [2.45, 2.75) is 51.6 Å². The average Bonchev–Trinajstić information content (AvgIpc) is 2.35. The highest BCUT2D eigenvalue weighted by molar-refractivity contribution is 5.28. The maximum atomic E-state index is 9.36. The molecule has 0 amide bonds. The molecule has 0 radical (unpaired) electrons. The zero-order valence-electron chi connectivity index (χ0n) is 10.9. The Morgan fingerprint density at radius 3 is 2.59 bits per heavy atom. The van der Waals surface area contributed by atoms with E-state index in [9.17, 15) is 5.11 Å². The fourth-order valence-corrected chi connectivity index (χ4v) is 2.94. The highest BCUT2D eigenvalue weighted by Crippen LogP contribution is 2.31. The third-order valence-corrected chi connectivity index (χ3v) is 3.92. The normalized spacial score (nSPS) is 23.5. The van der Waals surface area contributed by atoms with Gasteiger partial charge in [-0.2, -0.15) is 0 Å². The zero-order chi connectivity index (χ0) is 12.3. The van der Waals surface area contributed by atoms with Crippen LogP contribution in [0, 0.1) is 0 Å². The summed E-state index contributed by atoms with van der Waals surface area (Å²) in [4.78, 5) is 2.62. The second-order valence-electron chi connectivity index (χ2n) is 5.10. The van der Waals surface area contributed by atoms with Crippen LogP contribution in [0.5, 0.6) is 5.75 Å². The summed E-state index contributed by atoms with van der Waals surface area (Å²) < 4.78 is 0. The predicted octanol–water partition coefficient (Wildman–Crippen LogP) is 3.72. The zero-order valence-corrected chi connectivity index (χ0v) is 10.9. The lowest BCUT2D eigenvalue weighted by atomic mass is 9.96. The Morgan fingerprint density at radius 2 is 2.00 bits per heavy atom. The van der Waals surface area contributed by atoms with E-state index in [4.69, 9.17) is 0 Å². The average molecular weight is 233 g/mol. The molecule has 17 heavy (non-hydrogen) atoms. The second kappa shape index (κ2) is 5.54. The van der Waals surface area contributed by atoms with Crippen molar-refractivity contribution < 1.29 is 5.11 Å². The highest BCUT2D eigenvalue weighted by Gasteiger charge is 2.25. The monoisotopic (exact) mass is 233 g/mol. The first-order chi connectivity index (χ1) is 8.22. The van der Waals surface area contributed by atoms with Crippen LogP contribution < -0.4 is 0 Å². The summed E-state index contributed by atoms with van der Waals surface area (Å²) in [6.45, 7) is 5.79. The molecular weight excluding hydrogens is 210 g/mol. The molecule has 1 heterocycles. The summed E-state index contributed by atoms with van der Waals surface area (Å²) in [5, 5.41) is 9.36. The van der Waals surface area contributed by atoms with Crippen LogP contribution in [0.3, 0.4) is 0 Å². The first-order valence-electron chi connectivity index (χ1n) is 6.77. The van der Waals surface area contributed by atoms with Crippen LogP contribution in [0.15, 0.2) is 24.3 Å². The van der Waals surface area contributed by atoms with Crippen LogP contribution in [0.25, 0.3) is 0 Å². The van der Waals surface area contributed by atoms with E-state index in [1.54, 1.807) is 12.1 Å². The van der Waals surface area contributed by atoms with Gasteiger partial charge in [-0.3, -0.25) is 4.90 Å². The van der Waals surface area contributed by atoms with Crippen molar-refractivity contribution in [1.82, 2.24) is 4.90 Å². The van der Waals surface area contributed by atoms with E-state index in [0.717, 1.165) is 6.42 Å². The van der Waals surface area contributed by atoms with Crippen LogP contribution in [-0.4, -0.2) is 22.6 Å². The number of hydrogen-bond acceptors (Lipinski definition) is 2. The minimum Gasteiger partial charge on any atom is -0.508 e. The Bertz CT molecular complexity index is 346. The summed E-state index contributed by atoms with van der Waals surface area (Å²) in [6.07, 6.45) is 5.13. The molecule has 0 aromatic heterocycles. The van der Waals surface area contributed by atoms with Crippen molar-refractivity contribution in [2.75, 3.05) is 6.54 Å². The quantitative estimate of drug-likeness (QED) is 0.860. The third-order valence-electron chi connectivity index (χ3n) is 3.92. The molecule has 2 nitrogen and oxygen atoms in total. The summed E-state index contributed by atoms with van der Waals surface area (Å²) in [5.74, 6) is 0.357. The molecule has 2 unspecified atom stereocenters. The molecule has 94 valence electrons. The summed E-state index contributed by atoms with van der Waals surface area (Å²) in [6, 6.07) is 8.91. The molecule has 1 aromatic rings. The van der Waals surface area contributed by atoms with Gasteiger partial charge in [0, 0.05) is 12.1 Å². The lowest BCUT2D eigenvalue weighted by molar-refractivity contribution is 0.102. The van der Waals surface area contributed by atoms with Gasteiger partial charge in [-0.15, -0.1) is 0 Å². The van der Waals surface area contributed by atoms with Crippen molar-refractivity contribution in [2.24, 2.45) is 0 Å². The minimum absolute atomic E-state index is 0.357. The number of nitrogens with zero attached hydrogens (tertiary/aromatic N) is 1. The van der Waals surface area contributed by atoms with Gasteiger partial charge in [0.1, 0.15) is 5.75 Å². The van der Waals surface area contributed by atoms with Gasteiger partial charge in [0.25, 0.3) is 0 Å². The highest BCUT2D eigenvalue weighted by atomic mass is 16.3. The van der Waals surface area contributed by atoms with Crippen LogP contribution >= 0.6 is 0 Å². The molecule has 1 fully saturated rings. The van der Waals surface area contributed by atoms with Gasteiger partial charge < -0.3 is 5.11 Å². The number of piperidine rings is 1. The molecule has 1 aromatic carbocycles. The molecule has 1 aliphatic rings. The Morgan fingerprint density at radius 1 is 1.29 bits per heavy atom. The molecule has 0 aliphatic carbocycles. The lowest BCUT2D eigenvalue weighted by Crippen LogP contribution is -2.40. The molecule has 2 rings (SSSR count). The Balaban J connectivity index is 2.17. The van der Waals surface area contributed by atoms with Gasteiger partial charge in [-0.05, 0) is 50.4 Å². The van der Waals surface area contributed by atoms with Crippen molar-refractivity contribution in [3.63, 3.8) is 0 Å². The molecular formula is C15H23NO. The molecule has 2 heteroatoms. The summed E-state index contributed by atoms with van der Waals surface area (Å²) in [5.41, 5.74) is 1.33. The predicted molar refractivity (Wildman–Crippen MR) is 71.2 cm³/mol. The van der Waals surface area contributed by atoms with E-state index in [1.807, 2.05) is 0 Å². The maximum absolute atomic E-state index is 9.36. The van der Waals surface area contributed by atoms with Crippen LogP contribution in [0.2, 0.25) is 0 Å². The fourth-order valence-electron chi connectivity index (χ4n) is 2.94. The molecule has 0 spiro atoms. The lowest BCUT2D eigenvalue weighted by Gasteiger charge is -2.39. The molecule has 2 atom stereocenters. The summed E-state index contributed by atoms with van der Waals surface area (Å²) in [7, 11) is 0. The summed E-state index contributed by atoms with van der Waals surface area (Å²) >= 11 is 0. The number of hydrogen-bond donors (Lipinski definition) is 1. The number of rotatable bonds is 3. The standard InChI is InChI=1S/C15H23NO/c1-3-15(13-7-9-14(17)10-8-13)16-11-5-4-6-12(16)2/h7-10,12,15,17H,3-6,11H2,1-2H3. The van der Waals surface area contributed by atoms with E-state index in [0.29, 0.717) is 17.8 Å². The largest absolute Gasteiger partial charge is 0.508 e. The Kier molecular flexibility index (Phi) is 4.06. The molecule has 1 aliphatic heterocycles. The molecule has 1 N–H and O–H groups in total. The third kappa shape index (κ3) is 2.81.